The Bertz CT molecular complexity index is 552. The molecule has 86 valence electrons. The molecule has 0 amide bonds. The molecular weight excluding hydrogens is 221 g/mol. The summed E-state index contributed by atoms with van der Waals surface area (Å²) in [5.74, 6) is -0.362. The second-order valence-electron chi connectivity index (χ2n) is 3.43. The zero-order chi connectivity index (χ0) is 12.3. The number of aromatic nitrogens is 1. The second-order valence-corrected chi connectivity index (χ2v) is 3.43. The summed E-state index contributed by atoms with van der Waals surface area (Å²) in [4.78, 5) is 4.02. The third-order valence-electron chi connectivity index (χ3n) is 2.29. The monoisotopic (exact) mass is 231 g/mol. The van der Waals surface area contributed by atoms with Crippen LogP contribution in [0.3, 0.4) is 0 Å². The third kappa shape index (κ3) is 2.39. The van der Waals surface area contributed by atoms with Gasteiger partial charge in [0.05, 0.1) is 0 Å². The van der Waals surface area contributed by atoms with Crippen molar-refractivity contribution in [3.05, 3.63) is 54.1 Å². The molecule has 0 unspecified atom stereocenters. The van der Waals surface area contributed by atoms with Crippen LogP contribution in [0.1, 0.15) is 5.69 Å². The molecule has 2 aromatic rings. The lowest BCUT2D eigenvalue weighted by Crippen LogP contribution is -2.14. The summed E-state index contributed by atoms with van der Waals surface area (Å²) in [6.07, 6.45) is 1.54. The van der Waals surface area contributed by atoms with Gasteiger partial charge in [-0.05, 0) is 23.8 Å². The van der Waals surface area contributed by atoms with E-state index in [9.17, 15) is 4.39 Å². The van der Waals surface area contributed by atoms with E-state index in [1.165, 1.54) is 12.1 Å². The Morgan fingerprint density at radius 2 is 2.06 bits per heavy atom. The first kappa shape index (κ1) is 11.1. The van der Waals surface area contributed by atoms with Gasteiger partial charge in [0.2, 0.25) is 0 Å². The fourth-order valence-corrected chi connectivity index (χ4v) is 1.44. The van der Waals surface area contributed by atoms with Gasteiger partial charge in [0.1, 0.15) is 11.5 Å². The molecule has 0 spiro atoms. The van der Waals surface area contributed by atoms with Crippen LogP contribution in [-0.2, 0) is 0 Å². The number of nitrogens with two attached hydrogens (primary N) is 1. The third-order valence-corrected chi connectivity index (χ3v) is 2.29. The van der Waals surface area contributed by atoms with Crippen molar-refractivity contribution >= 4 is 5.84 Å². The Morgan fingerprint density at radius 3 is 2.65 bits per heavy atom. The minimum atomic E-state index is -0.303. The van der Waals surface area contributed by atoms with Crippen LogP contribution in [0, 0.1) is 5.82 Å². The number of benzene rings is 1. The molecule has 0 bridgehead atoms. The lowest BCUT2D eigenvalue weighted by atomic mass is 10.1. The van der Waals surface area contributed by atoms with E-state index in [1.54, 1.807) is 30.5 Å². The molecule has 2 rings (SSSR count). The summed E-state index contributed by atoms with van der Waals surface area (Å²) < 4.78 is 13.0. The molecule has 1 aromatic heterocycles. The predicted molar refractivity (Wildman–Crippen MR) is 62.1 cm³/mol. The fourth-order valence-electron chi connectivity index (χ4n) is 1.44. The number of halogens is 1. The van der Waals surface area contributed by atoms with Crippen LogP contribution in [-0.4, -0.2) is 16.0 Å². The second kappa shape index (κ2) is 4.61. The van der Waals surface area contributed by atoms with Crippen LogP contribution < -0.4 is 5.73 Å². The van der Waals surface area contributed by atoms with E-state index in [0.29, 0.717) is 5.69 Å². The Labute approximate surface area is 97.2 Å². The van der Waals surface area contributed by atoms with Crippen LogP contribution in [0.25, 0.3) is 11.1 Å². The number of oxime groups is 1. The first-order valence-electron chi connectivity index (χ1n) is 4.90. The Morgan fingerprint density at radius 1 is 1.24 bits per heavy atom. The standard InChI is InChI=1S/C12H10FN3O/c13-10-3-1-2-8(6-10)9-4-5-11(15-7-9)12(14)16-17/h1-7,17H,(H2,14,16). The maximum atomic E-state index is 13.0. The summed E-state index contributed by atoms with van der Waals surface area (Å²) in [5, 5.41) is 11.3. The van der Waals surface area contributed by atoms with E-state index < -0.39 is 0 Å². The largest absolute Gasteiger partial charge is 0.409 e. The molecule has 17 heavy (non-hydrogen) atoms. The SMILES string of the molecule is N/C(=N\O)c1ccc(-c2cccc(F)c2)cn1. The molecule has 3 N–H and O–H groups in total. The molecule has 0 atom stereocenters. The van der Waals surface area contributed by atoms with Crippen molar-refractivity contribution in [3.8, 4) is 11.1 Å². The molecule has 0 radical (unpaired) electrons. The number of nitrogens with zero attached hydrogens (tertiary/aromatic N) is 2. The van der Waals surface area contributed by atoms with Crippen molar-refractivity contribution in [2.24, 2.45) is 10.9 Å². The van der Waals surface area contributed by atoms with Crippen molar-refractivity contribution < 1.29 is 9.60 Å². The van der Waals surface area contributed by atoms with Crippen LogP contribution in [0.2, 0.25) is 0 Å². The van der Waals surface area contributed by atoms with Gasteiger partial charge in [0.25, 0.3) is 0 Å². The zero-order valence-corrected chi connectivity index (χ0v) is 8.84. The first-order chi connectivity index (χ1) is 8.20. The minimum absolute atomic E-state index is 0.0595. The van der Waals surface area contributed by atoms with E-state index in [-0.39, 0.29) is 11.7 Å². The van der Waals surface area contributed by atoms with Gasteiger partial charge in [-0.2, -0.15) is 0 Å². The van der Waals surface area contributed by atoms with Gasteiger partial charge in [-0.25, -0.2) is 4.39 Å². The lowest BCUT2D eigenvalue weighted by molar-refractivity contribution is 0.318. The fraction of sp³-hybridized carbons (Fsp3) is 0. The van der Waals surface area contributed by atoms with Crippen molar-refractivity contribution in [2.75, 3.05) is 0 Å². The van der Waals surface area contributed by atoms with Gasteiger partial charge in [0.15, 0.2) is 5.84 Å². The first-order valence-corrected chi connectivity index (χ1v) is 4.90. The van der Waals surface area contributed by atoms with E-state index in [4.69, 9.17) is 10.9 Å². The molecule has 0 saturated carbocycles. The molecule has 1 heterocycles. The Balaban J connectivity index is 2.36. The van der Waals surface area contributed by atoms with Crippen LogP contribution in [0.4, 0.5) is 4.39 Å². The van der Waals surface area contributed by atoms with Crippen molar-refractivity contribution in [1.82, 2.24) is 4.98 Å². The molecule has 0 saturated heterocycles. The average molecular weight is 231 g/mol. The van der Waals surface area contributed by atoms with E-state index in [2.05, 4.69) is 10.1 Å². The molecule has 4 nitrogen and oxygen atoms in total. The minimum Gasteiger partial charge on any atom is -0.409 e. The van der Waals surface area contributed by atoms with Gasteiger partial charge in [-0.1, -0.05) is 23.4 Å². The summed E-state index contributed by atoms with van der Waals surface area (Å²) in [7, 11) is 0. The smallest absolute Gasteiger partial charge is 0.188 e. The van der Waals surface area contributed by atoms with E-state index in [1.807, 2.05) is 0 Å². The molecule has 0 aliphatic heterocycles. The van der Waals surface area contributed by atoms with Gasteiger partial charge in [0, 0.05) is 11.8 Å². The Kier molecular flexibility index (Phi) is 3.00. The zero-order valence-electron chi connectivity index (χ0n) is 8.84. The molecular formula is C12H10FN3O. The summed E-state index contributed by atoms with van der Waals surface area (Å²) >= 11 is 0. The number of amidine groups is 1. The van der Waals surface area contributed by atoms with Crippen LogP contribution in [0.15, 0.2) is 47.8 Å². The highest BCUT2D eigenvalue weighted by Gasteiger charge is 2.03. The highest BCUT2D eigenvalue weighted by Crippen LogP contribution is 2.19. The van der Waals surface area contributed by atoms with Crippen molar-refractivity contribution in [2.45, 2.75) is 0 Å². The van der Waals surface area contributed by atoms with Crippen molar-refractivity contribution in [1.29, 1.82) is 0 Å². The summed E-state index contributed by atoms with van der Waals surface area (Å²) in [5.41, 5.74) is 7.24. The summed E-state index contributed by atoms with van der Waals surface area (Å²) in [6, 6.07) is 9.54. The molecule has 1 aromatic carbocycles. The van der Waals surface area contributed by atoms with E-state index >= 15 is 0 Å². The highest BCUT2D eigenvalue weighted by molar-refractivity contribution is 5.95. The van der Waals surface area contributed by atoms with Gasteiger partial charge >= 0.3 is 0 Å². The molecule has 0 fully saturated rings. The van der Waals surface area contributed by atoms with Crippen LogP contribution >= 0.6 is 0 Å². The topological polar surface area (TPSA) is 71.5 Å². The van der Waals surface area contributed by atoms with Crippen molar-refractivity contribution in [3.63, 3.8) is 0 Å². The van der Waals surface area contributed by atoms with Gasteiger partial charge in [-0.15, -0.1) is 0 Å². The lowest BCUT2D eigenvalue weighted by Gasteiger charge is -2.02. The number of pyridine rings is 1. The quantitative estimate of drug-likeness (QED) is 0.359. The number of rotatable bonds is 2. The normalized spacial score (nSPS) is 11.5. The molecule has 0 aliphatic rings. The van der Waals surface area contributed by atoms with Gasteiger partial charge < -0.3 is 10.9 Å². The molecule has 5 heteroatoms. The maximum absolute atomic E-state index is 13.0. The Hall–Kier alpha value is -2.43. The van der Waals surface area contributed by atoms with Crippen LogP contribution in [0.5, 0.6) is 0 Å². The average Bonchev–Trinajstić information content (AvgIpc) is 2.38. The van der Waals surface area contributed by atoms with E-state index in [0.717, 1.165) is 11.1 Å². The predicted octanol–water partition coefficient (Wildman–Crippen LogP) is 1.98. The summed E-state index contributed by atoms with van der Waals surface area (Å²) in [6.45, 7) is 0. The maximum Gasteiger partial charge on any atom is 0.188 e. The molecule has 0 aliphatic carbocycles. The van der Waals surface area contributed by atoms with Gasteiger partial charge in [-0.3, -0.25) is 4.98 Å². The number of hydrogen-bond acceptors (Lipinski definition) is 3. The number of hydrogen-bond donors (Lipinski definition) is 2. The highest BCUT2D eigenvalue weighted by atomic mass is 19.1.